The molecule has 0 radical (unpaired) electrons. The van der Waals surface area contributed by atoms with Crippen LogP contribution in [0.1, 0.15) is 47.1 Å². The number of anilines is 1. The molecule has 1 aromatic heterocycles. The van der Waals surface area contributed by atoms with Gasteiger partial charge in [0.25, 0.3) is 0 Å². The first-order chi connectivity index (χ1) is 14.0. The second-order valence-corrected chi connectivity index (χ2v) is 7.95. The van der Waals surface area contributed by atoms with Crippen LogP contribution in [0, 0.1) is 0 Å². The van der Waals surface area contributed by atoms with Crippen LogP contribution in [0.25, 0.3) is 0 Å². The smallest absolute Gasteiger partial charge is 0.341 e. The number of esters is 1. The number of rotatable bonds is 8. The number of ether oxygens (including phenoxy) is 2. The Morgan fingerprint density at radius 3 is 2.50 bits per heavy atom. The van der Waals surface area contributed by atoms with Crippen molar-refractivity contribution in [1.82, 2.24) is 4.90 Å². The normalized spacial score (nSPS) is 13.2. The lowest BCUT2D eigenvalue weighted by molar-refractivity contribution is -0.115. The molecule has 6 nitrogen and oxygen atoms in total. The molecule has 1 aliphatic rings. The molecule has 0 saturated heterocycles. The Morgan fingerprint density at radius 2 is 1.87 bits per heavy atom. The van der Waals surface area contributed by atoms with E-state index in [0.717, 1.165) is 47.8 Å². The highest BCUT2D eigenvalue weighted by molar-refractivity contribution is 7.17. The van der Waals surface area contributed by atoms with Gasteiger partial charge in [-0.2, -0.15) is 0 Å². The topological polar surface area (TPSA) is 67.9 Å². The highest BCUT2D eigenvalue weighted by Crippen LogP contribution is 2.37. The lowest BCUT2D eigenvalue weighted by Crippen LogP contribution is -2.30. The molecule has 1 aliphatic heterocycles. The van der Waals surface area contributed by atoms with Gasteiger partial charge >= 0.3 is 5.97 Å². The number of nitrogens with one attached hydrogen (secondary N) is 1. The van der Waals surface area contributed by atoms with Crippen LogP contribution in [0.4, 0.5) is 5.00 Å². The first-order valence-electron chi connectivity index (χ1n) is 10.1. The Labute approximate surface area is 188 Å². The number of likely N-dealkylation sites (N-methyl/N-ethyl adjacent to an activating group) is 1. The van der Waals surface area contributed by atoms with Gasteiger partial charge in [-0.3, -0.25) is 9.69 Å². The van der Waals surface area contributed by atoms with E-state index < -0.39 is 0 Å². The molecule has 0 saturated carbocycles. The number of benzene rings is 1. The first-order valence-corrected chi connectivity index (χ1v) is 10.9. The van der Waals surface area contributed by atoms with Crippen LogP contribution in [0.15, 0.2) is 24.3 Å². The number of hydrogen-bond donors (Lipinski definition) is 1. The number of halogens is 1. The Balaban J connectivity index is 0.00000320. The Kier molecular flexibility index (Phi) is 9.14. The predicted molar refractivity (Wildman–Crippen MR) is 122 cm³/mol. The van der Waals surface area contributed by atoms with E-state index in [9.17, 15) is 9.59 Å². The van der Waals surface area contributed by atoms with E-state index in [2.05, 4.69) is 17.1 Å². The van der Waals surface area contributed by atoms with Gasteiger partial charge in [-0.15, -0.1) is 23.7 Å². The second kappa shape index (κ2) is 11.3. The van der Waals surface area contributed by atoms with E-state index in [4.69, 9.17) is 9.47 Å². The van der Waals surface area contributed by atoms with E-state index >= 15 is 0 Å². The predicted octanol–water partition coefficient (Wildman–Crippen LogP) is 4.30. The van der Waals surface area contributed by atoms with Gasteiger partial charge in [0.05, 0.1) is 25.2 Å². The summed E-state index contributed by atoms with van der Waals surface area (Å²) in [5.74, 6) is 0.282. The van der Waals surface area contributed by atoms with Crippen molar-refractivity contribution in [2.75, 3.05) is 31.6 Å². The zero-order chi connectivity index (χ0) is 20.8. The molecule has 0 atom stereocenters. The van der Waals surface area contributed by atoms with Crippen LogP contribution in [0.5, 0.6) is 5.75 Å². The summed E-state index contributed by atoms with van der Waals surface area (Å²) in [6.07, 6.45) is 1.03. The number of amides is 1. The minimum atomic E-state index is -0.355. The molecule has 2 aromatic rings. The Hall–Kier alpha value is -2.09. The van der Waals surface area contributed by atoms with E-state index in [-0.39, 0.29) is 30.7 Å². The maximum absolute atomic E-state index is 12.7. The van der Waals surface area contributed by atoms with Crippen LogP contribution in [0.2, 0.25) is 0 Å². The molecule has 0 spiro atoms. The molecular weight excluding hydrogens is 424 g/mol. The highest BCUT2D eigenvalue weighted by atomic mass is 35.5. The summed E-state index contributed by atoms with van der Waals surface area (Å²) >= 11 is 1.49. The summed E-state index contributed by atoms with van der Waals surface area (Å²) in [5, 5.41) is 3.56. The third kappa shape index (κ3) is 5.74. The van der Waals surface area contributed by atoms with Crippen molar-refractivity contribution >= 4 is 40.6 Å². The zero-order valence-electron chi connectivity index (χ0n) is 17.7. The average Bonchev–Trinajstić information content (AvgIpc) is 3.06. The third-order valence-electron chi connectivity index (χ3n) is 4.91. The molecule has 1 N–H and O–H groups in total. The molecule has 30 heavy (non-hydrogen) atoms. The lowest BCUT2D eigenvalue weighted by Gasteiger charge is -2.25. The largest absolute Gasteiger partial charge is 0.494 e. The fourth-order valence-electron chi connectivity index (χ4n) is 3.46. The minimum Gasteiger partial charge on any atom is -0.494 e. The fourth-order valence-corrected chi connectivity index (χ4v) is 4.75. The molecule has 8 heteroatoms. The minimum absolute atomic E-state index is 0. The summed E-state index contributed by atoms with van der Waals surface area (Å²) in [7, 11) is 0. The molecule has 0 aliphatic carbocycles. The number of fused-ring (bicyclic) bond motifs is 1. The van der Waals surface area contributed by atoms with E-state index in [1.54, 1.807) is 6.92 Å². The van der Waals surface area contributed by atoms with Gasteiger partial charge in [0.15, 0.2) is 0 Å². The van der Waals surface area contributed by atoms with Crippen molar-refractivity contribution < 1.29 is 19.1 Å². The average molecular weight is 453 g/mol. The fraction of sp³-hybridized carbons (Fsp3) is 0.455. The molecule has 1 aromatic carbocycles. The van der Waals surface area contributed by atoms with Crippen LogP contribution >= 0.6 is 23.7 Å². The van der Waals surface area contributed by atoms with Crippen molar-refractivity contribution in [1.29, 1.82) is 0 Å². The summed E-state index contributed by atoms with van der Waals surface area (Å²) in [6.45, 7) is 9.45. The van der Waals surface area contributed by atoms with Gasteiger partial charge in [-0.25, -0.2) is 4.79 Å². The molecule has 0 fully saturated rings. The molecular formula is C22H29ClN2O4S. The van der Waals surface area contributed by atoms with Crippen molar-refractivity contribution in [3.8, 4) is 5.75 Å². The molecule has 0 bridgehead atoms. The van der Waals surface area contributed by atoms with Gasteiger partial charge in [0.2, 0.25) is 5.91 Å². The van der Waals surface area contributed by atoms with Gasteiger partial charge in [-0.1, -0.05) is 19.1 Å². The van der Waals surface area contributed by atoms with Crippen molar-refractivity contribution in [3.63, 3.8) is 0 Å². The maximum atomic E-state index is 12.7. The van der Waals surface area contributed by atoms with Gasteiger partial charge < -0.3 is 14.8 Å². The number of thiophene rings is 1. The summed E-state index contributed by atoms with van der Waals surface area (Å²) in [6, 6.07) is 7.49. The molecule has 164 valence electrons. The van der Waals surface area contributed by atoms with E-state index in [1.165, 1.54) is 11.3 Å². The second-order valence-electron chi connectivity index (χ2n) is 6.85. The van der Waals surface area contributed by atoms with Crippen LogP contribution in [-0.4, -0.2) is 43.1 Å². The van der Waals surface area contributed by atoms with Crippen LogP contribution < -0.4 is 10.1 Å². The van der Waals surface area contributed by atoms with E-state index in [0.29, 0.717) is 23.8 Å². The van der Waals surface area contributed by atoms with Crippen LogP contribution in [0.3, 0.4) is 0 Å². The quantitative estimate of drug-likeness (QED) is 0.604. The lowest BCUT2D eigenvalue weighted by atomic mass is 10.0. The molecule has 2 heterocycles. The van der Waals surface area contributed by atoms with E-state index in [1.807, 2.05) is 31.2 Å². The summed E-state index contributed by atoms with van der Waals surface area (Å²) in [5.41, 5.74) is 2.44. The zero-order valence-corrected chi connectivity index (χ0v) is 19.3. The van der Waals surface area contributed by atoms with Gasteiger partial charge in [0, 0.05) is 18.0 Å². The molecule has 0 unspecified atom stereocenters. The SMILES string of the molecule is CCOC(=O)c1c(NC(=O)Cc2ccc(OCC)cc2)sc2c1CCN(CC)C2.Cl. The summed E-state index contributed by atoms with van der Waals surface area (Å²) < 4.78 is 10.7. The first kappa shape index (κ1) is 24.2. The maximum Gasteiger partial charge on any atom is 0.341 e. The standard InChI is InChI=1S/C22H28N2O4S.ClH/c1-4-24-12-11-17-18(14-24)29-21(20(17)22(26)28-6-3)23-19(25)13-15-7-9-16(10-8-15)27-5-2;/h7-10H,4-6,11-14H2,1-3H3,(H,23,25);1H. The Morgan fingerprint density at radius 1 is 1.13 bits per heavy atom. The Bertz CT molecular complexity index is 867. The van der Waals surface area contributed by atoms with Gasteiger partial charge in [0.1, 0.15) is 10.8 Å². The van der Waals surface area contributed by atoms with Crippen LogP contribution in [-0.2, 0) is 28.9 Å². The number of carbonyl (C=O) groups is 2. The highest BCUT2D eigenvalue weighted by Gasteiger charge is 2.29. The van der Waals surface area contributed by atoms with Crippen molar-refractivity contribution in [2.45, 2.75) is 40.2 Å². The monoisotopic (exact) mass is 452 g/mol. The number of hydrogen-bond acceptors (Lipinski definition) is 6. The van der Waals surface area contributed by atoms with Gasteiger partial charge in [-0.05, 0) is 50.1 Å². The van der Waals surface area contributed by atoms with Crippen molar-refractivity contribution in [2.24, 2.45) is 0 Å². The molecule has 3 rings (SSSR count). The number of nitrogens with zero attached hydrogens (tertiary/aromatic N) is 1. The third-order valence-corrected chi connectivity index (χ3v) is 6.05. The van der Waals surface area contributed by atoms with Crippen molar-refractivity contribution in [3.05, 3.63) is 45.8 Å². The summed E-state index contributed by atoms with van der Waals surface area (Å²) in [4.78, 5) is 28.7. The number of carbonyl (C=O) groups excluding carboxylic acids is 2. The molecule has 1 amide bonds.